The topological polar surface area (TPSA) is 158 Å². The maximum Gasteiger partial charge on any atom is 0.414 e. The molecule has 0 aromatic heterocycles. The second-order valence-corrected chi connectivity index (χ2v) is 12.0. The maximum absolute atomic E-state index is 13.1. The van der Waals surface area contributed by atoms with E-state index >= 15 is 0 Å². The number of aryl methyl sites for hydroxylation is 1. The first-order valence-electron chi connectivity index (χ1n) is 14.9. The zero-order valence-electron chi connectivity index (χ0n) is 25.5. The van der Waals surface area contributed by atoms with Gasteiger partial charge in [-0.3, -0.25) is 14.5 Å². The van der Waals surface area contributed by atoms with Gasteiger partial charge in [-0.15, -0.1) is 0 Å². The molecule has 0 bridgehead atoms. The number of nitrogens with zero attached hydrogens (tertiary/aromatic N) is 2. The summed E-state index contributed by atoms with van der Waals surface area (Å²) in [6.07, 6.45) is 4.82. The Morgan fingerprint density at radius 3 is 2.63 bits per heavy atom. The van der Waals surface area contributed by atoms with Gasteiger partial charge < -0.3 is 40.0 Å². The summed E-state index contributed by atoms with van der Waals surface area (Å²) in [6, 6.07) is 3.23. The fourth-order valence-corrected chi connectivity index (χ4v) is 6.59. The molecule has 3 unspecified atom stereocenters. The van der Waals surface area contributed by atoms with Gasteiger partial charge in [-0.25, -0.2) is 4.79 Å². The Kier molecular flexibility index (Phi) is 10.0. The summed E-state index contributed by atoms with van der Waals surface area (Å²) < 4.78 is 11.6. The smallest absolute Gasteiger partial charge is 0.414 e. The molecule has 43 heavy (non-hydrogen) atoms. The minimum absolute atomic E-state index is 0.00827. The number of benzene rings is 1. The molecule has 0 radical (unpaired) electrons. The average molecular weight is 601 g/mol. The highest BCUT2D eigenvalue weighted by Gasteiger charge is 2.61. The summed E-state index contributed by atoms with van der Waals surface area (Å²) in [6.45, 7) is 5.69. The van der Waals surface area contributed by atoms with Crippen molar-refractivity contribution in [3.8, 4) is 11.5 Å². The molecule has 236 valence electrons. The summed E-state index contributed by atoms with van der Waals surface area (Å²) in [5.74, 6) is 0.409. The number of allylic oxidation sites excluding steroid dienone is 1. The van der Waals surface area contributed by atoms with Crippen molar-refractivity contribution in [2.45, 2.75) is 69.4 Å². The van der Waals surface area contributed by atoms with Crippen LogP contribution in [0.3, 0.4) is 0 Å². The summed E-state index contributed by atoms with van der Waals surface area (Å²) in [5.41, 5.74) is -0.488. The van der Waals surface area contributed by atoms with E-state index in [1.807, 2.05) is 13.0 Å². The molecule has 1 aliphatic heterocycles. The minimum atomic E-state index is -1.21. The van der Waals surface area contributed by atoms with Gasteiger partial charge in [0, 0.05) is 56.5 Å². The van der Waals surface area contributed by atoms with Crippen molar-refractivity contribution in [3.05, 3.63) is 35.1 Å². The number of carbonyl (C=O) groups is 4. The number of aldehydes is 1. The first kappa shape index (κ1) is 32.3. The van der Waals surface area contributed by atoms with Crippen molar-refractivity contribution in [3.63, 3.8) is 0 Å². The van der Waals surface area contributed by atoms with Gasteiger partial charge in [0.1, 0.15) is 12.0 Å². The van der Waals surface area contributed by atoms with E-state index in [1.165, 1.54) is 24.9 Å². The monoisotopic (exact) mass is 600 g/mol. The molecule has 1 aromatic rings. The van der Waals surface area contributed by atoms with Crippen LogP contribution in [0.2, 0.25) is 0 Å². The number of rotatable bonds is 12. The number of ether oxygens (including phenoxy) is 2. The molecule has 12 nitrogen and oxygen atoms in total. The Bertz CT molecular complexity index is 1260. The van der Waals surface area contributed by atoms with Crippen molar-refractivity contribution < 1.29 is 38.9 Å². The zero-order chi connectivity index (χ0) is 31.4. The number of nitrogens with one attached hydrogen (secondary N) is 2. The number of methoxy groups -OCH3 is 1. The van der Waals surface area contributed by atoms with E-state index in [9.17, 15) is 29.4 Å². The summed E-state index contributed by atoms with van der Waals surface area (Å²) >= 11 is 0. The van der Waals surface area contributed by atoms with Crippen LogP contribution in [0, 0.1) is 12.8 Å². The molecule has 4 rings (SSSR count). The van der Waals surface area contributed by atoms with Gasteiger partial charge in [-0.05, 0) is 63.3 Å². The molecule has 3 atom stereocenters. The third-order valence-electron chi connectivity index (χ3n) is 9.24. The molecule has 3 aliphatic rings. The number of piperidine rings is 1. The van der Waals surface area contributed by atoms with Crippen molar-refractivity contribution in [1.82, 2.24) is 20.4 Å². The van der Waals surface area contributed by atoms with Crippen LogP contribution in [0.15, 0.2) is 24.0 Å². The average Bonchev–Trinajstić information content (AvgIpc) is 3.80. The predicted molar refractivity (Wildman–Crippen MR) is 158 cm³/mol. The SMILES string of the molecule is COc1c(O)ccc(C)c1C12CCN(CC3CC3)C(C)C1(O)CC=C(OC(=O)N(C)CCNC(=O)CNC(=O)CC=O)C2. The lowest BCUT2D eigenvalue weighted by Gasteiger charge is -2.59. The highest BCUT2D eigenvalue weighted by Crippen LogP contribution is 2.58. The number of likely N-dealkylation sites (N-methyl/N-ethyl adjacent to an activating group) is 1. The van der Waals surface area contributed by atoms with Crippen LogP contribution < -0.4 is 15.4 Å². The Morgan fingerprint density at radius 2 is 1.95 bits per heavy atom. The van der Waals surface area contributed by atoms with Crippen LogP contribution in [0.5, 0.6) is 11.5 Å². The Morgan fingerprint density at radius 1 is 1.21 bits per heavy atom. The van der Waals surface area contributed by atoms with Gasteiger partial charge in [-0.2, -0.15) is 0 Å². The van der Waals surface area contributed by atoms with Gasteiger partial charge in [0.2, 0.25) is 11.8 Å². The summed E-state index contributed by atoms with van der Waals surface area (Å²) in [4.78, 5) is 50.4. The number of carbonyl (C=O) groups excluding carboxylic acids is 4. The lowest BCUT2D eigenvalue weighted by Crippen LogP contribution is -2.69. The Labute approximate surface area is 252 Å². The molecule has 1 saturated carbocycles. The molecule has 0 spiro atoms. The predicted octanol–water partition coefficient (Wildman–Crippen LogP) is 1.75. The van der Waals surface area contributed by atoms with E-state index in [0.29, 0.717) is 30.1 Å². The molecular formula is C31H44N4O8. The molecule has 4 N–H and O–H groups in total. The van der Waals surface area contributed by atoms with Crippen LogP contribution in [-0.4, -0.2) is 103 Å². The third-order valence-corrected chi connectivity index (χ3v) is 9.24. The number of aliphatic hydroxyl groups is 1. The fourth-order valence-electron chi connectivity index (χ4n) is 6.59. The molecule has 1 aromatic carbocycles. The number of hydrogen-bond acceptors (Lipinski definition) is 9. The third kappa shape index (κ3) is 6.80. The number of likely N-dealkylation sites (tertiary alicyclic amines) is 1. The highest BCUT2D eigenvalue weighted by atomic mass is 16.6. The number of phenols is 1. The zero-order valence-corrected chi connectivity index (χ0v) is 25.5. The molecule has 2 fully saturated rings. The Hall–Kier alpha value is -3.64. The second-order valence-electron chi connectivity index (χ2n) is 12.0. The van der Waals surface area contributed by atoms with E-state index in [2.05, 4.69) is 22.5 Å². The summed E-state index contributed by atoms with van der Waals surface area (Å²) in [5, 5.41) is 28.3. The van der Waals surface area contributed by atoms with Gasteiger partial charge >= 0.3 is 6.09 Å². The largest absolute Gasteiger partial charge is 0.504 e. The van der Waals surface area contributed by atoms with Crippen molar-refractivity contribution >= 4 is 24.2 Å². The van der Waals surface area contributed by atoms with Crippen LogP contribution in [0.25, 0.3) is 0 Å². The van der Waals surface area contributed by atoms with Crippen molar-refractivity contribution in [2.75, 3.05) is 46.9 Å². The van der Waals surface area contributed by atoms with Gasteiger partial charge in [0.25, 0.3) is 0 Å². The van der Waals surface area contributed by atoms with Crippen LogP contribution in [0.4, 0.5) is 4.79 Å². The Balaban J connectivity index is 1.49. The van der Waals surface area contributed by atoms with Crippen LogP contribution in [-0.2, 0) is 24.5 Å². The molecular weight excluding hydrogens is 556 g/mol. The lowest BCUT2D eigenvalue weighted by atomic mass is 9.54. The maximum atomic E-state index is 13.1. The summed E-state index contributed by atoms with van der Waals surface area (Å²) in [7, 11) is 3.06. The van der Waals surface area contributed by atoms with Crippen LogP contribution >= 0.6 is 0 Å². The van der Waals surface area contributed by atoms with Crippen molar-refractivity contribution in [1.29, 1.82) is 0 Å². The van der Waals surface area contributed by atoms with E-state index in [0.717, 1.165) is 24.2 Å². The number of amides is 3. The fraction of sp³-hybridized carbons (Fsp3) is 0.613. The van der Waals surface area contributed by atoms with Gasteiger partial charge in [0.05, 0.1) is 25.7 Å². The molecule has 1 saturated heterocycles. The number of aromatic hydroxyl groups is 1. The molecule has 3 amide bonds. The van der Waals surface area contributed by atoms with Crippen molar-refractivity contribution in [2.24, 2.45) is 5.92 Å². The number of phenolic OH excluding ortho intramolecular Hbond substituents is 1. The van der Waals surface area contributed by atoms with E-state index in [4.69, 9.17) is 9.47 Å². The number of fused-ring (bicyclic) bond motifs is 1. The quantitative estimate of drug-likeness (QED) is 0.207. The number of hydrogen-bond donors (Lipinski definition) is 4. The van der Waals surface area contributed by atoms with E-state index in [-0.39, 0.29) is 50.7 Å². The van der Waals surface area contributed by atoms with Gasteiger partial charge in [-0.1, -0.05) is 6.07 Å². The van der Waals surface area contributed by atoms with E-state index in [1.54, 1.807) is 19.2 Å². The highest BCUT2D eigenvalue weighted by molar-refractivity contribution is 5.91. The molecule has 12 heteroatoms. The second kappa shape index (κ2) is 13.3. The normalized spacial score (nSPS) is 25.1. The standard InChI is InChI=1S/C31H44N4O8/c1-20-5-8-24(37)28(42-4)27(20)30-12-14-35(19-22-6-7-22)21(2)31(30,41)11-9-23(17-30)43-29(40)34(3)15-13-32-26(39)18-33-25(38)10-16-36/h5,8-9,16,21-22,37,41H,6-7,10-15,17-19H2,1-4H3,(H,32,39)(H,33,38). The minimum Gasteiger partial charge on any atom is -0.504 e. The lowest BCUT2D eigenvalue weighted by molar-refractivity contribution is -0.141. The van der Waals surface area contributed by atoms with Crippen LogP contribution in [0.1, 0.15) is 56.6 Å². The van der Waals surface area contributed by atoms with E-state index < -0.39 is 28.9 Å². The van der Waals surface area contributed by atoms with Gasteiger partial charge in [0.15, 0.2) is 11.5 Å². The first-order chi connectivity index (χ1) is 20.5. The first-order valence-corrected chi connectivity index (χ1v) is 14.9. The molecule has 2 aliphatic carbocycles. The molecule has 1 heterocycles.